The van der Waals surface area contributed by atoms with E-state index in [0.717, 1.165) is 11.3 Å². The zero-order chi connectivity index (χ0) is 10.6. The summed E-state index contributed by atoms with van der Waals surface area (Å²) in [5.41, 5.74) is 7.65. The molecule has 0 amide bonds. The highest BCUT2D eigenvalue weighted by Crippen LogP contribution is 2.12. The number of rotatable bonds is 4. The minimum absolute atomic E-state index is 0.0715. The predicted molar refractivity (Wildman–Crippen MR) is 59.1 cm³/mol. The molecule has 0 radical (unpaired) electrons. The van der Waals surface area contributed by atoms with Gasteiger partial charge in [0.25, 0.3) is 0 Å². The van der Waals surface area contributed by atoms with Crippen LogP contribution >= 0.6 is 0 Å². The first-order chi connectivity index (χ1) is 6.63. The van der Waals surface area contributed by atoms with E-state index < -0.39 is 0 Å². The number of benzene rings is 1. The van der Waals surface area contributed by atoms with Gasteiger partial charge in [-0.1, -0.05) is 12.1 Å². The first-order valence-corrected chi connectivity index (χ1v) is 4.85. The highest BCUT2D eigenvalue weighted by Gasteiger charge is 2.06. The molecule has 1 aromatic rings. The second kappa shape index (κ2) is 4.98. The van der Waals surface area contributed by atoms with E-state index in [9.17, 15) is 0 Å². The van der Waals surface area contributed by atoms with Gasteiger partial charge in [0.2, 0.25) is 0 Å². The van der Waals surface area contributed by atoms with Crippen LogP contribution in [-0.4, -0.2) is 17.2 Å². The molecule has 0 bridgehead atoms. The summed E-state index contributed by atoms with van der Waals surface area (Å²) in [4.78, 5) is 0. The molecule has 0 aromatic heterocycles. The van der Waals surface area contributed by atoms with Crippen LogP contribution in [0.5, 0.6) is 0 Å². The minimum Gasteiger partial charge on any atom is -0.392 e. The highest BCUT2D eigenvalue weighted by molar-refractivity contribution is 5.46. The Balaban J connectivity index is 2.66. The quantitative estimate of drug-likeness (QED) is 0.677. The number of hydrogen-bond donors (Lipinski definition) is 3. The summed E-state index contributed by atoms with van der Waals surface area (Å²) in [6, 6.07) is 8.04. The van der Waals surface area contributed by atoms with Crippen molar-refractivity contribution >= 4 is 5.69 Å². The fourth-order valence-corrected chi connectivity index (χ4v) is 1.15. The molecule has 14 heavy (non-hydrogen) atoms. The van der Waals surface area contributed by atoms with Crippen LogP contribution in [-0.2, 0) is 6.61 Å². The van der Waals surface area contributed by atoms with Gasteiger partial charge in [-0.25, -0.2) is 0 Å². The predicted octanol–water partition coefficient (Wildman–Crippen LogP) is 1.33. The lowest BCUT2D eigenvalue weighted by Gasteiger charge is -2.19. The van der Waals surface area contributed by atoms with Crippen molar-refractivity contribution in [3.8, 4) is 0 Å². The van der Waals surface area contributed by atoms with E-state index in [-0.39, 0.29) is 18.7 Å². The number of anilines is 1. The Labute approximate surface area is 84.9 Å². The summed E-state index contributed by atoms with van der Waals surface area (Å²) < 4.78 is 0. The number of aliphatic hydroxyl groups is 1. The number of nitrogens with one attached hydrogen (secondary N) is 1. The molecular formula is C11H18N2O. The molecular weight excluding hydrogens is 176 g/mol. The topological polar surface area (TPSA) is 58.3 Å². The minimum atomic E-state index is 0.0715. The first kappa shape index (κ1) is 11.0. The second-order valence-electron chi connectivity index (χ2n) is 3.65. The Morgan fingerprint density at radius 3 is 2.71 bits per heavy atom. The normalized spacial score (nSPS) is 14.9. The van der Waals surface area contributed by atoms with E-state index in [1.807, 2.05) is 38.1 Å². The maximum absolute atomic E-state index is 8.95. The number of aliphatic hydroxyl groups excluding tert-OH is 1. The molecule has 1 aromatic carbocycles. The van der Waals surface area contributed by atoms with Crippen LogP contribution in [0, 0.1) is 0 Å². The third-order valence-corrected chi connectivity index (χ3v) is 2.29. The van der Waals surface area contributed by atoms with Crippen LogP contribution in [0.1, 0.15) is 19.4 Å². The molecule has 0 saturated carbocycles. The van der Waals surface area contributed by atoms with Crippen molar-refractivity contribution in [3.05, 3.63) is 29.8 Å². The molecule has 0 heterocycles. The molecule has 0 aliphatic rings. The van der Waals surface area contributed by atoms with E-state index in [2.05, 4.69) is 5.32 Å². The fraction of sp³-hybridized carbons (Fsp3) is 0.455. The van der Waals surface area contributed by atoms with E-state index in [4.69, 9.17) is 10.8 Å². The highest BCUT2D eigenvalue weighted by atomic mass is 16.3. The SMILES string of the molecule is CC(N)C(C)Nc1cccc(CO)c1. The van der Waals surface area contributed by atoms with Crippen LogP contribution in [0.2, 0.25) is 0 Å². The Bertz CT molecular complexity index is 286. The first-order valence-electron chi connectivity index (χ1n) is 4.85. The van der Waals surface area contributed by atoms with E-state index in [1.165, 1.54) is 0 Å². The van der Waals surface area contributed by atoms with E-state index >= 15 is 0 Å². The summed E-state index contributed by atoms with van der Waals surface area (Å²) in [6.07, 6.45) is 0. The van der Waals surface area contributed by atoms with Crippen molar-refractivity contribution in [2.24, 2.45) is 5.73 Å². The summed E-state index contributed by atoms with van der Waals surface area (Å²) >= 11 is 0. The molecule has 0 saturated heterocycles. The summed E-state index contributed by atoms with van der Waals surface area (Å²) in [5.74, 6) is 0. The molecule has 2 atom stereocenters. The van der Waals surface area contributed by atoms with Crippen LogP contribution in [0.15, 0.2) is 24.3 Å². The number of hydrogen-bond acceptors (Lipinski definition) is 3. The maximum Gasteiger partial charge on any atom is 0.0682 e. The molecule has 1 rings (SSSR count). The second-order valence-corrected chi connectivity index (χ2v) is 3.65. The van der Waals surface area contributed by atoms with Gasteiger partial charge < -0.3 is 16.2 Å². The zero-order valence-corrected chi connectivity index (χ0v) is 8.70. The molecule has 0 fully saturated rings. The van der Waals surface area contributed by atoms with Crippen molar-refractivity contribution in [1.29, 1.82) is 0 Å². The van der Waals surface area contributed by atoms with E-state index in [1.54, 1.807) is 0 Å². The van der Waals surface area contributed by atoms with Gasteiger partial charge in [0.15, 0.2) is 0 Å². The van der Waals surface area contributed by atoms with Gasteiger partial charge in [0, 0.05) is 17.8 Å². The Morgan fingerprint density at radius 1 is 1.43 bits per heavy atom. The lowest BCUT2D eigenvalue weighted by molar-refractivity contribution is 0.282. The van der Waals surface area contributed by atoms with Crippen LogP contribution in [0.4, 0.5) is 5.69 Å². The number of nitrogens with two attached hydrogens (primary N) is 1. The van der Waals surface area contributed by atoms with Gasteiger partial charge in [0.1, 0.15) is 0 Å². The summed E-state index contributed by atoms with van der Waals surface area (Å²) in [6.45, 7) is 4.08. The molecule has 3 heteroatoms. The Morgan fingerprint density at radius 2 is 2.14 bits per heavy atom. The molecule has 0 aliphatic carbocycles. The third-order valence-electron chi connectivity index (χ3n) is 2.29. The molecule has 2 unspecified atom stereocenters. The molecule has 0 spiro atoms. The lowest BCUT2D eigenvalue weighted by Crippen LogP contribution is -2.35. The van der Waals surface area contributed by atoms with Gasteiger partial charge in [-0.15, -0.1) is 0 Å². The van der Waals surface area contributed by atoms with Crippen LogP contribution in [0.3, 0.4) is 0 Å². The van der Waals surface area contributed by atoms with Crippen LogP contribution in [0.25, 0.3) is 0 Å². The third kappa shape index (κ3) is 3.01. The van der Waals surface area contributed by atoms with Crippen molar-refractivity contribution in [1.82, 2.24) is 0 Å². The van der Waals surface area contributed by atoms with Crippen molar-refractivity contribution in [2.75, 3.05) is 5.32 Å². The van der Waals surface area contributed by atoms with Crippen molar-refractivity contribution < 1.29 is 5.11 Å². The van der Waals surface area contributed by atoms with Gasteiger partial charge in [-0.05, 0) is 31.5 Å². The molecule has 4 N–H and O–H groups in total. The zero-order valence-electron chi connectivity index (χ0n) is 8.70. The maximum atomic E-state index is 8.95. The van der Waals surface area contributed by atoms with Gasteiger partial charge in [-0.2, -0.15) is 0 Å². The van der Waals surface area contributed by atoms with Gasteiger partial charge in [-0.3, -0.25) is 0 Å². The average molecular weight is 194 g/mol. The Kier molecular flexibility index (Phi) is 3.92. The molecule has 0 aliphatic heterocycles. The largest absolute Gasteiger partial charge is 0.392 e. The smallest absolute Gasteiger partial charge is 0.0682 e. The van der Waals surface area contributed by atoms with Crippen molar-refractivity contribution in [2.45, 2.75) is 32.5 Å². The standard InChI is InChI=1S/C11H18N2O/c1-8(12)9(2)13-11-5-3-4-10(6-11)7-14/h3-6,8-9,13-14H,7,12H2,1-2H3. The average Bonchev–Trinajstić information content (AvgIpc) is 2.18. The lowest BCUT2D eigenvalue weighted by atomic mass is 10.1. The van der Waals surface area contributed by atoms with Crippen LogP contribution < -0.4 is 11.1 Å². The van der Waals surface area contributed by atoms with Gasteiger partial charge >= 0.3 is 0 Å². The Hall–Kier alpha value is -1.06. The van der Waals surface area contributed by atoms with E-state index in [0.29, 0.717) is 0 Å². The summed E-state index contributed by atoms with van der Waals surface area (Å²) in [7, 11) is 0. The van der Waals surface area contributed by atoms with Gasteiger partial charge in [0.05, 0.1) is 6.61 Å². The molecule has 78 valence electrons. The van der Waals surface area contributed by atoms with Crippen molar-refractivity contribution in [3.63, 3.8) is 0 Å². The molecule has 3 nitrogen and oxygen atoms in total. The fourth-order valence-electron chi connectivity index (χ4n) is 1.15. The monoisotopic (exact) mass is 194 g/mol. The summed E-state index contributed by atoms with van der Waals surface area (Å²) in [5, 5.41) is 12.2.